The van der Waals surface area contributed by atoms with Gasteiger partial charge in [0.2, 0.25) is 5.91 Å². The van der Waals surface area contributed by atoms with Crippen LogP contribution in [0, 0.1) is 11.3 Å². The number of amides is 1. The van der Waals surface area contributed by atoms with E-state index >= 15 is 0 Å². The van der Waals surface area contributed by atoms with Gasteiger partial charge in [0.1, 0.15) is 11.1 Å². The summed E-state index contributed by atoms with van der Waals surface area (Å²) in [4.78, 5) is 29.2. The van der Waals surface area contributed by atoms with Crippen LogP contribution in [0.5, 0.6) is 0 Å². The van der Waals surface area contributed by atoms with Crippen LogP contribution in [0.4, 0.5) is 10.5 Å². The SMILES string of the molecule is CC(=O)Nc1cn(C(=O)OC(C)(C)C)c2cc3c(nc12)CCC(C(C)(C)C)C3. The number of carbonyl (C=O) groups is 2. The molecule has 1 amide bonds. The number of nitrogens with zero attached hydrogens (tertiary/aromatic N) is 2. The third-order valence-electron chi connectivity index (χ3n) is 5.27. The summed E-state index contributed by atoms with van der Waals surface area (Å²) < 4.78 is 7.01. The third kappa shape index (κ3) is 4.21. The van der Waals surface area contributed by atoms with E-state index in [1.165, 1.54) is 17.1 Å². The second-order valence-electron chi connectivity index (χ2n) is 9.84. The lowest BCUT2D eigenvalue weighted by atomic mass is 9.71. The number of nitrogens with one attached hydrogen (secondary N) is 1. The van der Waals surface area contributed by atoms with E-state index in [0.717, 1.165) is 25.0 Å². The van der Waals surface area contributed by atoms with E-state index in [2.05, 4.69) is 26.1 Å². The van der Waals surface area contributed by atoms with Crippen LogP contribution < -0.4 is 5.32 Å². The molecule has 2 aromatic rings. The van der Waals surface area contributed by atoms with Gasteiger partial charge in [-0.05, 0) is 63.0 Å². The Morgan fingerprint density at radius 2 is 1.89 bits per heavy atom. The molecule has 0 saturated heterocycles. The molecule has 1 aliphatic rings. The summed E-state index contributed by atoms with van der Waals surface area (Å²) in [6.45, 7) is 13.8. The van der Waals surface area contributed by atoms with Crippen LogP contribution in [-0.4, -0.2) is 27.2 Å². The van der Waals surface area contributed by atoms with E-state index in [9.17, 15) is 9.59 Å². The molecule has 6 nitrogen and oxygen atoms in total. The predicted octanol–water partition coefficient (Wildman–Crippen LogP) is 4.93. The molecule has 0 bridgehead atoms. The summed E-state index contributed by atoms with van der Waals surface area (Å²) in [6.07, 6.45) is 4.08. The van der Waals surface area contributed by atoms with E-state index in [0.29, 0.717) is 22.6 Å². The van der Waals surface area contributed by atoms with Crippen molar-refractivity contribution in [2.45, 2.75) is 73.3 Å². The number of hydrogen-bond acceptors (Lipinski definition) is 4. The zero-order chi connectivity index (χ0) is 20.9. The van der Waals surface area contributed by atoms with E-state index in [-0.39, 0.29) is 11.3 Å². The van der Waals surface area contributed by atoms with Gasteiger partial charge in [0, 0.05) is 18.8 Å². The first-order valence-corrected chi connectivity index (χ1v) is 9.90. The molecule has 3 rings (SSSR count). The van der Waals surface area contributed by atoms with Gasteiger partial charge < -0.3 is 10.1 Å². The fraction of sp³-hybridized carbons (Fsp3) is 0.591. The maximum Gasteiger partial charge on any atom is 0.419 e. The zero-order valence-electron chi connectivity index (χ0n) is 18.0. The van der Waals surface area contributed by atoms with Crippen LogP contribution in [0.1, 0.15) is 66.1 Å². The molecule has 1 unspecified atom stereocenters. The zero-order valence-corrected chi connectivity index (χ0v) is 18.0. The van der Waals surface area contributed by atoms with Crippen LogP contribution in [0.3, 0.4) is 0 Å². The lowest BCUT2D eigenvalue weighted by molar-refractivity contribution is -0.114. The van der Waals surface area contributed by atoms with Crippen LogP contribution in [0.2, 0.25) is 0 Å². The molecule has 0 saturated carbocycles. The Bertz CT molecular complexity index is 929. The highest BCUT2D eigenvalue weighted by Crippen LogP contribution is 2.38. The summed E-state index contributed by atoms with van der Waals surface area (Å²) in [6, 6.07) is 2.05. The fourth-order valence-electron chi connectivity index (χ4n) is 3.78. The quantitative estimate of drug-likeness (QED) is 0.755. The maximum absolute atomic E-state index is 12.8. The first kappa shape index (κ1) is 20.4. The molecule has 6 heteroatoms. The largest absolute Gasteiger partial charge is 0.443 e. The smallest absolute Gasteiger partial charge is 0.419 e. The minimum absolute atomic E-state index is 0.199. The Hall–Kier alpha value is -2.37. The highest BCUT2D eigenvalue weighted by atomic mass is 16.6. The topological polar surface area (TPSA) is 73.2 Å². The van der Waals surface area contributed by atoms with Crippen LogP contribution in [0.15, 0.2) is 12.3 Å². The molecule has 1 atom stereocenters. The molecule has 1 N–H and O–H groups in total. The van der Waals surface area contributed by atoms with Gasteiger partial charge in [-0.3, -0.25) is 4.79 Å². The summed E-state index contributed by atoms with van der Waals surface area (Å²) >= 11 is 0. The van der Waals surface area contributed by atoms with E-state index < -0.39 is 11.7 Å². The Balaban J connectivity index is 2.11. The van der Waals surface area contributed by atoms with E-state index in [4.69, 9.17) is 9.72 Å². The Morgan fingerprint density at radius 1 is 1.21 bits per heavy atom. The van der Waals surface area contributed by atoms with Crippen LogP contribution in [-0.2, 0) is 22.4 Å². The highest BCUT2D eigenvalue weighted by molar-refractivity contribution is 6.02. The van der Waals surface area contributed by atoms with Gasteiger partial charge in [-0.2, -0.15) is 0 Å². The second-order valence-corrected chi connectivity index (χ2v) is 9.84. The minimum Gasteiger partial charge on any atom is -0.443 e. The van der Waals surface area contributed by atoms with E-state index in [1.54, 1.807) is 6.20 Å². The summed E-state index contributed by atoms with van der Waals surface area (Å²) in [7, 11) is 0. The average Bonchev–Trinajstić information content (AvgIpc) is 2.87. The molecule has 1 aliphatic carbocycles. The molecule has 0 aliphatic heterocycles. The van der Waals surface area contributed by atoms with Gasteiger partial charge >= 0.3 is 6.09 Å². The Morgan fingerprint density at radius 3 is 2.46 bits per heavy atom. The Labute approximate surface area is 166 Å². The van der Waals surface area contributed by atoms with Crippen LogP contribution >= 0.6 is 0 Å². The minimum atomic E-state index is -0.610. The highest BCUT2D eigenvalue weighted by Gasteiger charge is 2.31. The lowest BCUT2D eigenvalue weighted by Crippen LogP contribution is -2.28. The fourth-order valence-corrected chi connectivity index (χ4v) is 3.78. The number of hydrogen-bond donors (Lipinski definition) is 1. The molecule has 2 heterocycles. The van der Waals surface area contributed by atoms with Gasteiger partial charge in [-0.25, -0.2) is 14.3 Å². The standard InChI is InChI=1S/C22H31N3O3/c1-13(26)23-17-12-25(20(27)28-22(5,6)7)18-11-14-10-15(21(2,3)4)8-9-16(14)24-19(17)18/h11-12,15H,8-10H2,1-7H3,(H,23,26). The van der Waals surface area contributed by atoms with Crippen molar-refractivity contribution in [1.82, 2.24) is 9.55 Å². The van der Waals surface area contributed by atoms with Crippen molar-refractivity contribution in [1.29, 1.82) is 0 Å². The average molecular weight is 386 g/mol. The summed E-state index contributed by atoms with van der Waals surface area (Å²) in [5.41, 5.74) is 3.69. The monoisotopic (exact) mass is 385 g/mol. The van der Waals surface area contributed by atoms with Crippen molar-refractivity contribution in [2.24, 2.45) is 11.3 Å². The maximum atomic E-state index is 12.8. The molecule has 28 heavy (non-hydrogen) atoms. The molecular formula is C22H31N3O3. The number of carbonyl (C=O) groups excluding carboxylic acids is 2. The molecule has 0 fully saturated rings. The van der Waals surface area contributed by atoms with Gasteiger partial charge in [0.15, 0.2) is 0 Å². The van der Waals surface area contributed by atoms with Crippen molar-refractivity contribution in [2.75, 3.05) is 5.32 Å². The molecule has 2 aromatic heterocycles. The van der Waals surface area contributed by atoms with Crippen molar-refractivity contribution >= 4 is 28.7 Å². The summed E-state index contributed by atoms with van der Waals surface area (Å²) in [5.74, 6) is 0.370. The summed E-state index contributed by atoms with van der Waals surface area (Å²) in [5, 5.41) is 2.80. The predicted molar refractivity (Wildman–Crippen MR) is 111 cm³/mol. The van der Waals surface area contributed by atoms with Gasteiger partial charge in [-0.1, -0.05) is 20.8 Å². The number of aryl methyl sites for hydroxylation is 1. The van der Waals surface area contributed by atoms with Gasteiger partial charge in [0.25, 0.3) is 0 Å². The lowest BCUT2D eigenvalue weighted by Gasteiger charge is -2.34. The van der Waals surface area contributed by atoms with Gasteiger partial charge in [0.05, 0.1) is 11.2 Å². The number of ether oxygens (including phenoxy) is 1. The molecule has 0 radical (unpaired) electrons. The number of fused-ring (bicyclic) bond motifs is 2. The number of rotatable bonds is 1. The molecule has 152 valence electrons. The first-order chi connectivity index (χ1) is 12.8. The number of aromatic nitrogens is 2. The molecular weight excluding hydrogens is 354 g/mol. The van der Waals surface area contributed by atoms with Crippen molar-refractivity contribution in [3.8, 4) is 0 Å². The second kappa shape index (κ2) is 6.90. The number of pyridine rings is 1. The van der Waals surface area contributed by atoms with Crippen molar-refractivity contribution < 1.29 is 14.3 Å². The molecule has 0 spiro atoms. The van der Waals surface area contributed by atoms with Gasteiger partial charge in [-0.15, -0.1) is 0 Å². The molecule has 0 aromatic carbocycles. The van der Waals surface area contributed by atoms with E-state index in [1.807, 2.05) is 26.8 Å². The van der Waals surface area contributed by atoms with Crippen molar-refractivity contribution in [3.63, 3.8) is 0 Å². The van der Waals surface area contributed by atoms with Crippen molar-refractivity contribution in [3.05, 3.63) is 23.5 Å². The normalized spacial score (nSPS) is 17.3. The number of anilines is 1. The Kier molecular flexibility index (Phi) is 5.02. The van der Waals surface area contributed by atoms with Crippen LogP contribution in [0.25, 0.3) is 11.0 Å². The first-order valence-electron chi connectivity index (χ1n) is 9.90. The third-order valence-corrected chi connectivity index (χ3v) is 5.27.